The highest BCUT2D eigenvalue weighted by atomic mass is 16.5. The van der Waals surface area contributed by atoms with Crippen LogP contribution in [-0.2, 0) is 23.7 Å². The fourth-order valence-corrected chi connectivity index (χ4v) is 29.6. The maximum Gasteiger partial charge on any atom is 0.0575 e. The molecule has 15 aliphatic rings. The van der Waals surface area contributed by atoms with Crippen LogP contribution in [0.1, 0.15) is 544 Å². The number of hydrogen-bond donors (Lipinski definition) is 0. The molecule has 0 bridgehead atoms. The molecule has 0 aromatic rings. The third kappa shape index (κ3) is 38.9. The van der Waals surface area contributed by atoms with Gasteiger partial charge in [-0.1, -0.05) is 223 Å². The highest BCUT2D eigenvalue weighted by molar-refractivity contribution is 4.90. The molecule has 15 aliphatic carbocycles. The van der Waals surface area contributed by atoms with Crippen LogP contribution in [0.4, 0.5) is 0 Å². The van der Waals surface area contributed by atoms with E-state index in [1.807, 2.05) is 0 Å². The first-order valence-corrected chi connectivity index (χ1v) is 58.8. The maximum atomic E-state index is 6.31. The molecule has 0 amide bonds. The Hall–Kier alpha value is -0.200. The second kappa shape index (κ2) is 60.3. The molecule has 724 valence electrons. The van der Waals surface area contributed by atoms with Crippen molar-refractivity contribution in [3.63, 3.8) is 0 Å². The molecule has 15 saturated carbocycles. The number of unbranched alkanes of at least 4 members (excludes halogenated alkanes) is 5. The molecule has 15 fully saturated rings. The van der Waals surface area contributed by atoms with Crippen molar-refractivity contribution in [2.45, 2.75) is 575 Å². The summed E-state index contributed by atoms with van der Waals surface area (Å²) in [5, 5.41) is 0. The lowest BCUT2D eigenvalue weighted by Crippen LogP contribution is -2.28. The van der Waals surface area contributed by atoms with Crippen molar-refractivity contribution in [2.75, 3.05) is 33.0 Å². The summed E-state index contributed by atoms with van der Waals surface area (Å²) in [5.74, 6) is 25.0. The molecule has 0 radical (unpaired) electrons. The normalized spacial score (nSPS) is 40.3. The molecule has 0 heterocycles. The van der Waals surface area contributed by atoms with Gasteiger partial charge in [-0.25, -0.2) is 0 Å². The van der Waals surface area contributed by atoms with E-state index in [0.29, 0.717) is 30.5 Å². The Balaban J connectivity index is 0.000000151. The quantitative estimate of drug-likeness (QED) is 0.0601. The lowest BCUT2D eigenvalue weighted by molar-refractivity contribution is -0.0112. The summed E-state index contributed by atoms with van der Waals surface area (Å²) in [6.07, 6.45) is 110. The van der Waals surface area contributed by atoms with Gasteiger partial charge in [0, 0.05) is 33.0 Å². The average molecular weight is 1730 g/mol. The van der Waals surface area contributed by atoms with E-state index in [4.69, 9.17) is 23.7 Å². The molecule has 0 unspecified atom stereocenters. The van der Waals surface area contributed by atoms with E-state index in [-0.39, 0.29) is 0 Å². The Morgan fingerprint density at radius 2 is 0.306 bits per heavy atom. The van der Waals surface area contributed by atoms with E-state index in [1.54, 1.807) is 38.5 Å². The summed E-state index contributed by atoms with van der Waals surface area (Å²) in [5.41, 5.74) is 0. The molecule has 0 saturated heterocycles. The van der Waals surface area contributed by atoms with Gasteiger partial charge in [-0.3, -0.25) is 0 Å². The molecule has 124 heavy (non-hydrogen) atoms. The zero-order valence-electron chi connectivity index (χ0n) is 85.2. The van der Waals surface area contributed by atoms with Crippen molar-refractivity contribution in [3.8, 4) is 0 Å². The molecule has 0 aromatic carbocycles. The molecule has 0 atom stereocenters. The Kier molecular flexibility index (Phi) is 50.7. The molecule has 0 aliphatic heterocycles. The van der Waals surface area contributed by atoms with Gasteiger partial charge in [0.1, 0.15) is 0 Å². The summed E-state index contributed by atoms with van der Waals surface area (Å²) < 4.78 is 31.5. The van der Waals surface area contributed by atoms with E-state index >= 15 is 0 Å². The van der Waals surface area contributed by atoms with Crippen molar-refractivity contribution >= 4 is 0 Å². The van der Waals surface area contributed by atoms with Gasteiger partial charge in [-0.05, 0) is 469 Å². The highest BCUT2D eigenvalue weighted by Crippen LogP contribution is 2.50. The van der Waals surface area contributed by atoms with Crippen LogP contribution in [-0.4, -0.2) is 63.6 Å². The minimum atomic E-state index is 0.590. The van der Waals surface area contributed by atoms with E-state index in [2.05, 4.69) is 69.2 Å². The van der Waals surface area contributed by atoms with Crippen LogP contribution < -0.4 is 0 Å². The average Bonchev–Trinajstić information content (AvgIpc) is 0.866. The topological polar surface area (TPSA) is 46.2 Å². The molecular formula is C119H218O5. The standard InChI is InChI=1S/2C25H46O.C24H44O.C23H42O.C22H40O/c2*1-3-4-5-6-21-9-13-23(14-10-21)24-15-11-22(12-16-24)19-26-25-17-7-20(2)8-18-25;1-3-4-5-20-8-12-22(13-9-20)23-14-10-21(11-15-23)18-25-24-16-6-19(2)7-17-24;1-3-4-19-7-11-21(12-8-19)22-13-9-20(10-14-22)17-24-23-15-5-18(2)6-16-23;1-3-18-6-10-20(11-7-18)21-12-8-19(9-13-21)16-23-22-14-4-17(2)5-15-22/h2*20-25H,3-19H2,1-2H3;19-24H,3-18H2,1-2H3;18-23H,3-17H2,1-2H3;17-22H,3-16H2,1-2H3. The Labute approximate surface area is 774 Å². The van der Waals surface area contributed by atoms with Gasteiger partial charge in [-0.2, -0.15) is 0 Å². The second-order valence-electron chi connectivity index (χ2n) is 49.2. The molecule has 0 N–H and O–H groups in total. The van der Waals surface area contributed by atoms with Crippen molar-refractivity contribution in [1.29, 1.82) is 0 Å². The van der Waals surface area contributed by atoms with E-state index in [9.17, 15) is 0 Å². The van der Waals surface area contributed by atoms with Crippen molar-refractivity contribution in [1.82, 2.24) is 0 Å². The van der Waals surface area contributed by atoms with E-state index < -0.39 is 0 Å². The van der Waals surface area contributed by atoms with E-state index in [1.165, 1.54) is 437 Å². The lowest BCUT2D eigenvalue weighted by Gasteiger charge is -2.38. The smallest absolute Gasteiger partial charge is 0.0575 e. The third-order valence-corrected chi connectivity index (χ3v) is 39.6. The molecule has 15 rings (SSSR count). The van der Waals surface area contributed by atoms with Crippen LogP contribution in [0.3, 0.4) is 0 Å². The second-order valence-corrected chi connectivity index (χ2v) is 49.2. The van der Waals surface area contributed by atoms with Gasteiger partial charge in [-0.15, -0.1) is 0 Å². The van der Waals surface area contributed by atoms with Crippen LogP contribution in [0.15, 0.2) is 0 Å². The zero-order chi connectivity index (χ0) is 86.7. The molecule has 0 aromatic heterocycles. The largest absolute Gasteiger partial charge is 0.378 e. The lowest BCUT2D eigenvalue weighted by atomic mass is 9.69. The first-order chi connectivity index (χ1) is 60.7. The fourth-order valence-electron chi connectivity index (χ4n) is 29.6. The minimum absolute atomic E-state index is 0.590. The summed E-state index contributed by atoms with van der Waals surface area (Å²) in [4.78, 5) is 0. The van der Waals surface area contributed by atoms with Crippen LogP contribution in [0, 0.1) is 148 Å². The first kappa shape index (κ1) is 104. The number of rotatable bonds is 34. The van der Waals surface area contributed by atoms with Crippen molar-refractivity contribution in [2.24, 2.45) is 148 Å². The molecule has 5 nitrogen and oxygen atoms in total. The highest BCUT2D eigenvalue weighted by Gasteiger charge is 2.39. The minimum Gasteiger partial charge on any atom is -0.378 e. The van der Waals surface area contributed by atoms with Crippen LogP contribution in [0.5, 0.6) is 0 Å². The Morgan fingerprint density at radius 3 is 0.476 bits per heavy atom. The van der Waals surface area contributed by atoms with Gasteiger partial charge in [0.25, 0.3) is 0 Å². The summed E-state index contributed by atoms with van der Waals surface area (Å²) in [6, 6.07) is 0. The van der Waals surface area contributed by atoms with Gasteiger partial charge >= 0.3 is 0 Å². The predicted molar refractivity (Wildman–Crippen MR) is 534 cm³/mol. The molecular weight excluding hydrogens is 1510 g/mol. The molecule has 5 heteroatoms. The SMILES string of the molecule is CCC1CCC(C2CCC(COC3CCC(C)CC3)CC2)CC1.CCCC1CCC(C2CCC(COC3CCC(C)CC3)CC2)CC1.CCCCC1CCC(C2CCC(COC3CCC(C)CC3)CC2)CC1.CCCCCC1CCC(C2CCC(COC3CCC(C)CC3)CC2)CC1.CCCCCC1CCC(C2CCC(COC3CCC(C)CC3)CC2)CC1. The fraction of sp³-hybridized carbons (Fsp3) is 1.00. The Morgan fingerprint density at radius 1 is 0.145 bits per heavy atom. The third-order valence-electron chi connectivity index (χ3n) is 39.6. The number of hydrogen-bond acceptors (Lipinski definition) is 5. The van der Waals surface area contributed by atoms with Crippen LogP contribution in [0.2, 0.25) is 0 Å². The predicted octanol–water partition coefficient (Wildman–Crippen LogP) is 36.5. The maximum absolute atomic E-state index is 6.31. The van der Waals surface area contributed by atoms with Crippen molar-refractivity contribution < 1.29 is 23.7 Å². The zero-order valence-corrected chi connectivity index (χ0v) is 85.2. The van der Waals surface area contributed by atoms with Gasteiger partial charge < -0.3 is 23.7 Å². The number of ether oxygens (including phenoxy) is 5. The summed E-state index contributed by atoms with van der Waals surface area (Å²) >= 11 is 0. The monoisotopic (exact) mass is 1730 g/mol. The first-order valence-electron chi connectivity index (χ1n) is 58.8. The molecule has 0 spiro atoms. The van der Waals surface area contributed by atoms with Crippen LogP contribution in [0.25, 0.3) is 0 Å². The van der Waals surface area contributed by atoms with E-state index in [0.717, 1.165) is 181 Å². The van der Waals surface area contributed by atoms with Crippen molar-refractivity contribution in [3.05, 3.63) is 0 Å². The Bertz CT molecular complexity index is 2430. The van der Waals surface area contributed by atoms with Crippen LogP contribution >= 0.6 is 0 Å². The van der Waals surface area contributed by atoms with Gasteiger partial charge in [0.15, 0.2) is 0 Å². The summed E-state index contributed by atoms with van der Waals surface area (Å²) in [6.45, 7) is 29.0. The summed E-state index contributed by atoms with van der Waals surface area (Å²) in [7, 11) is 0. The van der Waals surface area contributed by atoms with Gasteiger partial charge in [0.2, 0.25) is 0 Å². The van der Waals surface area contributed by atoms with Gasteiger partial charge in [0.05, 0.1) is 30.5 Å².